The maximum atomic E-state index is 12.4. The molecule has 1 aromatic heterocycles. The zero-order chi connectivity index (χ0) is 14.6. The second-order valence-electron chi connectivity index (χ2n) is 4.20. The minimum Gasteiger partial charge on any atom is -0.505 e. The summed E-state index contributed by atoms with van der Waals surface area (Å²) in [6, 6.07) is 3.95. The van der Waals surface area contributed by atoms with Crippen LogP contribution in [-0.4, -0.2) is 10.1 Å². The summed E-state index contributed by atoms with van der Waals surface area (Å²) in [6.07, 6.45) is 1.52. The monoisotopic (exact) mass is 269 g/mol. The molecule has 2 rings (SSSR count). The van der Waals surface area contributed by atoms with Crippen molar-refractivity contribution in [2.24, 2.45) is 0 Å². The number of halogens is 3. The van der Waals surface area contributed by atoms with Gasteiger partial charge in [-0.2, -0.15) is 8.78 Å². The van der Waals surface area contributed by atoms with Crippen LogP contribution in [0.15, 0.2) is 24.4 Å². The summed E-state index contributed by atoms with van der Waals surface area (Å²) in [5, 5.41) is 8.67. The first-order valence-electron chi connectivity index (χ1n) is 5.54. The SMILES string of the molecule is Cc1cc(O)c(F)c(F)c1.Cc1cnc(F)c(C)c1. The molecule has 19 heavy (non-hydrogen) atoms. The van der Waals surface area contributed by atoms with Crippen molar-refractivity contribution >= 4 is 0 Å². The molecule has 1 heterocycles. The van der Waals surface area contributed by atoms with Gasteiger partial charge >= 0.3 is 0 Å². The van der Waals surface area contributed by atoms with Crippen LogP contribution in [0.3, 0.4) is 0 Å². The zero-order valence-corrected chi connectivity index (χ0v) is 10.8. The Morgan fingerprint density at radius 1 is 0.947 bits per heavy atom. The predicted octanol–water partition coefficient (Wildman–Crippen LogP) is 3.82. The highest BCUT2D eigenvalue weighted by Crippen LogP contribution is 2.19. The van der Waals surface area contributed by atoms with Crippen LogP contribution in [0, 0.1) is 38.4 Å². The summed E-state index contributed by atoms with van der Waals surface area (Å²) in [5.41, 5.74) is 2.10. The molecule has 102 valence electrons. The summed E-state index contributed by atoms with van der Waals surface area (Å²) in [5.74, 6) is -3.22. The Kier molecular flexibility index (Phi) is 4.92. The number of hydrogen-bond acceptors (Lipinski definition) is 2. The quantitative estimate of drug-likeness (QED) is 0.738. The van der Waals surface area contributed by atoms with Gasteiger partial charge in [0.25, 0.3) is 0 Å². The topological polar surface area (TPSA) is 33.1 Å². The van der Waals surface area contributed by atoms with Gasteiger partial charge in [-0.25, -0.2) is 9.37 Å². The number of aryl methyl sites for hydroxylation is 3. The third-order valence-electron chi connectivity index (χ3n) is 2.30. The summed E-state index contributed by atoms with van der Waals surface area (Å²) in [4.78, 5) is 3.51. The van der Waals surface area contributed by atoms with Crippen LogP contribution < -0.4 is 0 Å². The zero-order valence-electron chi connectivity index (χ0n) is 10.8. The van der Waals surface area contributed by atoms with Gasteiger partial charge in [0.2, 0.25) is 5.95 Å². The molecule has 0 saturated heterocycles. The van der Waals surface area contributed by atoms with Crippen LogP contribution >= 0.6 is 0 Å². The highest BCUT2D eigenvalue weighted by atomic mass is 19.2. The van der Waals surface area contributed by atoms with E-state index in [1.54, 1.807) is 19.9 Å². The van der Waals surface area contributed by atoms with E-state index in [4.69, 9.17) is 5.11 Å². The highest BCUT2D eigenvalue weighted by molar-refractivity contribution is 5.29. The van der Waals surface area contributed by atoms with Gasteiger partial charge in [0.05, 0.1) is 0 Å². The molecule has 0 aliphatic rings. The van der Waals surface area contributed by atoms with Crippen molar-refractivity contribution < 1.29 is 18.3 Å². The number of benzene rings is 1. The standard InChI is InChI=1S/C7H6F2O.C7H8FN/c1-4-2-5(8)7(9)6(10)3-4;1-5-3-6(2)7(8)9-4-5/h2-3,10H,1H3;3-4H,1-2H3. The number of rotatable bonds is 0. The Balaban J connectivity index is 0.000000191. The van der Waals surface area contributed by atoms with Crippen LogP contribution in [0.5, 0.6) is 5.75 Å². The second kappa shape index (κ2) is 6.22. The van der Waals surface area contributed by atoms with Gasteiger partial charge in [-0.3, -0.25) is 0 Å². The van der Waals surface area contributed by atoms with Crippen molar-refractivity contribution in [1.82, 2.24) is 4.98 Å². The van der Waals surface area contributed by atoms with E-state index in [1.165, 1.54) is 12.3 Å². The molecule has 0 aliphatic heterocycles. The van der Waals surface area contributed by atoms with E-state index < -0.39 is 17.4 Å². The lowest BCUT2D eigenvalue weighted by atomic mass is 10.2. The predicted molar refractivity (Wildman–Crippen MR) is 66.4 cm³/mol. The molecule has 1 N–H and O–H groups in total. The molecule has 2 aromatic rings. The Morgan fingerprint density at radius 3 is 2.05 bits per heavy atom. The minimum absolute atomic E-state index is 0.374. The molecule has 0 atom stereocenters. The average molecular weight is 269 g/mol. The molecule has 0 bridgehead atoms. The second-order valence-corrected chi connectivity index (χ2v) is 4.20. The molecule has 0 aliphatic carbocycles. The van der Waals surface area contributed by atoms with Crippen LogP contribution in [0.4, 0.5) is 13.2 Å². The lowest BCUT2D eigenvalue weighted by molar-refractivity contribution is 0.406. The van der Waals surface area contributed by atoms with Crippen molar-refractivity contribution in [2.75, 3.05) is 0 Å². The lowest BCUT2D eigenvalue weighted by Crippen LogP contribution is -1.87. The molecule has 0 fully saturated rings. The summed E-state index contributed by atoms with van der Waals surface area (Å²) in [7, 11) is 0. The maximum Gasteiger partial charge on any atom is 0.215 e. The normalized spacial score (nSPS) is 9.79. The van der Waals surface area contributed by atoms with Crippen molar-refractivity contribution in [1.29, 1.82) is 0 Å². The van der Waals surface area contributed by atoms with E-state index in [0.29, 0.717) is 11.1 Å². The largest absolute Gasteiger partial charge is 0.505 e. The fourth-order valence-electron chi connectivity index (χ4n) is 1.40. The Hall–Kier alpha value is -2.04. The minimum atomic E-state index is -1.19. The van der Waals surface area contributed by atoms with E-state index >= 15 is 0 Å². The third-order valence-corrected chi connectivity index (χ3v) is 2.30. The van der Waals surface area contributed by atoms with Crippen LogP contribution in [0.2, 0.25) is 0 Å². The van der Waals surface area contributed by atoms with Gasteiger partial charge in [0.1, 0.15) is 0 Å². The van der Waals surface area contributed by atoms with E-state index in [2.05, 4.69) is 4.98 Å². The van der Waals surface area contributed by atoms with Crippen molar-refractivity contribution in [3.8, 4) is 5.75 Å². The first-order chi connectivity index (χ1) is 8.81. The van der Waals surface area contributed by atoms with Crippen molar-refractivity contribution in [2.45, 2.75) is 20.8 Å². The molecule has 0 amide bonds. The van der Waals surface area contributed by atoms with Gasteiger partial charge in [-0.1, -0.05) is 6.07 Å². The average Bonchev–Trinajstić information content (AvgIpc) is 2.32. The molecule has 5 heteroatoms. The van der Waals surface area contributed by atoms with Crippen LogP contribution in [0.1, 0.15) is 16.7 Å². The molecule has 2 nitrogen and oxygen atoms in total. The van der Waals surface area contributed by atoms with Gasteiger partial charge in [-0.05, 0) is 44.0 Å². The lowest BCUT2D eigenvalue weighted by Gasteiger charge is -1.97. The summed E-state index contributed by atoms with van der Waals surface area (Å²) in [6.45, 7) is 5.16. The smallest absolute Gasteiger partial charge is 0.215 e. The molecular formula is C14H14F3NO. The van der Waals surface area contributed by atoms with Gasteiger partial charge in [0, 0.05) is 11.8 Å². The number of pyridine rings is 1. The number of aromatic hydroxyl groups is 1. The number of aromatic nitrogens is 1. The van der Waals surface area contributed by atoms with Crippen LogP contribution in [0.25, 0.3) is 0 Å². The number of phenolic OH excluding ortho intramolecular Hbond substituents is 1. The first kappa shape index (κ1) is 15.0. The summed E-state index contributed by atoms with van der Waals surface area (Å²) < 4.78 is 37.0. The van der Waals surface area contributed by atoms with E-state index in [0.717, 1.165) is 11.6 Å². The Bertz CT molecular complexity index is 562. The van der Waals surface area contributed by atoms with Crippen molar-refractivity contribution in [3.63, 3.8) is 0 Å². The molecule has 0 unspecified atom stereocenters. The van der Waals surface area contributed by atoms with Crippen LogP contribution in [-0.2, 0) is 0 Å². The molecule has 0 spiro atoms. The molecule has 0 radical (unpaired) electrons. The number of nitrogens with zero attached hydrogens (tertiary/aromatic N) is 1. The van der Waals surface area contributed by atoms with Crippen molar-refractivity contribution in [3.05, 3.63) is 58.7 Å². The van der Waals surface area contributed by atoms with E-state index in [1.807, 2.05) is 6.92 Å². The van der Waals surface area contributed by atoms with E-state index in [-0.39, 0.29) is 5.95 Å². The Morgan fingerprint density at radius 2 is 1.58 bits per heavy atom. The number of hydrogen-bond donors (Lipinski definition) is 1. The fraction of sp³-hybridized carbons (Fsp3) is 0.214. The van der Waals surface area contributed by atoms with Gasteiger partial charge < -0.3 is 5.11 Å². The van der Waals surface area contributed by atoms with Gasteiger partial charge in [-0.15, -0.1) is 0 Å². The third kappa shape index (κ3) is 4.28. The number of phenols is 1. The summed E-state index contributed by atoms with van der Waals surface area (Å²) >= 11 is 0. The molecular weight excluding hydrogens is 255 g/mol. The Labute approximate surface area is 109 Å². The molecule has 0 saturated carbocycles. The highest BCUT2D eigenvalue weighted by Gasteiger charge is 2.06. The fourth-order valence-corrected chi connectivity index (χ4v) is 1.40. The maximum absolute atomic E-state index is 12.4. The molecule has 1 aromatic carbocycles. The van der Waals surface area contributed by atoms with Gasteiger partial charge in [0.15, 0.2) is 17.4 Å². The first-order valence-corrected chi connectivity index (χ1v) is 5.54. The van der Waals surface area contributed by atoms with E-state index in [9.17, 15) is 13.2 Å².